The lowest BCUT2D eigenvalue weighted by Gasteiger charge is -2.11. The fraction of sp³-hybridized carbons (Fsp3) is 0.160. The van der Waals surface area contributed by atoms with Crippen LogP contribution in [-0.2, 0) is 6.42 Å². The zero-order chi connectivity index (χ0) is 22.5. The number of carbonyl (C=O) groups is 2. The number of hydrogen-bond acceptors (Lipinski definition) is 4. The lowest BCUT2D eigenvalue weighted by molar-refractivity contribution is 0.102. The average molecular weight is 445 g/mol. The van der Waals surface area contributed by atoms with Crippen molar-refractivity contribution in [2.24, 2.45) is 0 Å². The van der Waals surface area contributed by atoms with E-state index in [0.717, 1.165) is 28.2 Å². The number of rotatable bonds is 6. The molecule has 0 saturated carbocycles. The lowest BCUT2D eigenvalue weighted by atomic mass is 10.1. The van der Waals surface area contributed by atoms with Crippen LogP contribution in [0.2, 0.25) is 0 Å². The molecular formula is C25H24N4O2S. The van der Waals surface area contributed by atoms with Crippen LogP contribution < -0.4 is 16.0 Å². The maximum absolute atomic E-state index is 12.5. The molecule has 3 aromatic carbocycles. The van der Waals surface area contributed by atoms with Crippen molar-refractivity contribution in [3.63, 3.8) is 0 Å². The summed E-state index contributed by atoms with van der Waals surface area (Å²) >= 11 is 1.70. The van der Waals surface area contributed by atoms with Crippen molar-refractivity contribution in [3.05, 3.63) is 88.9 Å². The summed E-state index contributed by atoms with van der Waals surface area (Å²) in [6, 6.07) is 22.5. The van der Waals surface area contributed by atoms with Gasteiger partial charge in [-0.15, -0.1) is 11.3 Å². The molecule has 3 N–H and O–H groups in total. The van der Waals surface area contributed by atoms with Crippen LogP contribution in [0.4, 0.5) is 16.2 Å². The molecule has 0 bridgehead atoms. The lowest BCUT2D eigenvalue weighted by Crippen LogP contribution is -2.34. The van der Waals surface area contributed by atoms with Gasteiger partial charge in [-0.3, -0.25) is 4.79 Å². The molecule has 1 heterocycles. The highest BCUT2D eigenvalue weighted by Gasteiger charge is 2.09. The summed E-state index contributed by atoms with van der Waals surface area (Å²) in [7, 11) is 0. The molecule has 0 aliphatic carbocycles. The molecule has 0 atom stereocenters. The number of aromatic nitrogens is 1. The van der Waals surface area contributed by atoms with Crippen LogP contribution in [0, 0.1) is 0 Å². The van der Waals surface area contributed by atoms with E-state index < -0.39 is 0 Å². The Labute approximate surface area is 190 Å². The van der Waals surface area contributed by atoms with Crippen molar-refractivity contribution in [1.82, 2.24) is 10.3 Å². The van der Waals surface area contributed by atoms with Crippen LogP contribution in [0.1, 0.15) is 34.8 Å². The fourth-order valence-electron chi connectivity index (χ4n) is 3.21. The van der Waals surface area contributed by atoms with E-state index in [-0.39, 0.29) is 18.0 Å². The van der Waals surface area contributed by atoms with Crippen LogP contribution in [0.5, 0.6) is 0 Å². The minimum Gasteiger partial charge on any atom is -0.336 e. The third-order valence-electron chi connectivity index (χ3n) is 4.73. The number of carbonyl (C=O) groups excluding carboxylic acids is 2. The molecule has 1 aromatic heterocycles. The van der Waals surface area contributed by atoms with E-state index >= 15 is 0 Å². The van der Waals surface area contributed by atoms with E-state index in [9.17, 15) is 9.59 Å². The van der Waals surface area contributed by atoms with Crippen LogP contribution in [-0.4, -0.2) is 23.0 Å². The van der Waals surface area contributed by atoms with Crippen molar-refractivity contribution in [1.29, 1.82) is 0 Å². The summed E-state index contributed by atoms with van der Waals surface area (Å²) in [5.74, 6) is -0.206. The molecule has 0 fully saturated rings. The van der Waals surface area contributed by atoms with Gasteiger partial charge in [0, 0.05) is 29.4 Å². The van der Waals surface area contributed by atoms with E-state index in [1.807, 2.05) is 56.3 Å². The molecule has 32 heavy (non-hydrogen) atoms. The van der Waals surface area contributed by atoms with Gasteiger partial charge in [0.05, 0.1) is 15.2 Å². The van der Waals surface area contributed by atoms with Crippen LogP contribution in [0.15, 0.2) is 72.8 Å². The number of urea groups is 1. The van der Waals surface area contributed by atoms with Crippen molar-refractivity contribution >= 4 is 44.9 Å². The molecular weight excluding hydrogens is 420 g/mol. The van der Waals surface area contributed by atoms with Gasteiger partial charge in [0.2, 0.25) is 0 Å². The SMILES string of the molecule is CC(C)NC(=O)Nc1ccc(C(=O)Nc2ccc(Cc3nc4ccccc4s3)cc2)cc1. The quantitative estimate of drug-likeness (QED) is 0.358. The zero-order valence-electron chi connectivity index (χ0n) is 17.9. The van der Waals surface area contributed by atoms with Crippen LogP contribution >= 0.6 is 11.3 Å². The largest absolute Gasteiger partial charge is 0.336 e. The second-order valence-electron chi connectivity index (χ2n) is 7.73. The molecule has 0 aliphatic rings. The maximum Gasteiger partial charge on any atom is 0.319 e. The number of benzene rings is 3. The Morgan fingerprint density at radius 1 is 0.875 bits per heavy atom. The Balaban J connectivity index is 1.34. The van der Waals surface area contributed by atoms with E-state index in [1.165, 1.54) is 4.70 Å². The number of para-hydroxylation sites is 1. The number of nitrogens with zero attached hydrogens (tertiary/aromatic N) is 1. The molecule has 3 amide bonds. The van der Waals surface area contributed by atoms with Gasteiger partial charge in [-0.25, -0.2) is 9.78 Å². The topological polar surface area (TPSA) is 83.1 Å². The number of fused-ring (bicyclic) bond motifs is 1. The first-order chi connectivity index (χ1) is 15.5. The fourth-order valence-corrected chi connectivity index (χ4v) is 4.22. The van der Waals surface area contributed by atoms with Crippen molar-refractivity contribution in [2.45, 2.75) is 26.3 Å². The number of hydrogen-bond donors (Lipinski definition) is 3. The zero-order valence-corrected chi connectivity index (χ0v) is 18.7. The Morgan fingerprint density at radius 3 is 2.22 bits per heavy atom. The smallest absolute Gasteiger partial charge is 0.319 e. The van der Waals surface area contributed by atoms with Crippen molar-refractivity contribution < 1.29 is 9.59 Å². The molecule has 7 heteroatoms. The van der Waals surface area contributed by atoms with Gasteiger partial charge in [0.1, 0.15) is 0 Å². The van der Waals surface area contributed by atoms with Gasteiger partial charge in [-0.1, -0.05) is 24.3 Å². The summed E-state index contributed by atoms with van der Waals surface area (Å²) in [4.78, 5) is 29.0. The second-order valence-corrected chi connectivity index (χ2v) is 8.85. The second kappa shape index (κ2) is 9.62. The molecule has 6 nitrogen and oxygen atoms in total. The van der Waals surface area contributed by atoms with Crippen LogP contribution in [0.3, 0.4) is 0 Å². The highest BCUT2D eigenvalue weighted by molar-refractivity contribution is 7.18. The summed E-state index contributed by atoms with van der Waals surface area (Å²) in [6.45, 7) is 3.78. The predicted molar refractivity (Wildman–Crippen MR) is 131 cm³/mol. The molecule has 0 unspecified atom stereocenters. The summed E-state index contributed by atoms with van der Waals surface area (Å²) in [5, 5.41) is 9.47. The molecule has 0 saturated heterocycles. The van der Waals surface area contributed by atoms with Gasteiger partial charge < -0.3 is 16.0 Å². The first kappa shape index (κ1) is 21.5. The minimum absolute atomic E-state index is 0.0487. The predicted octanol–water partition coefficient (Wildman–Crippen LogP) is 5.67. The summed E-state index contributed by atoms with van der Waals surface area (Å²) in [5.41, 5.74) is 4.02. The van der Waals surface area contributed by atoms with Crippen molar-refractivity contribution in [3.8, 4) is 0 Å². The van der Waals surface area contributed by atoms with Gasteiger partial charge in [-0.05, 0) is 67.9 Å². The molecule has 0 spiro atoms. The van der Waals surface area contributed by atoms with E-state index in [0.29, 0.717) is 11.3 Å². The first-order valence-corrected chi connectivity index (χ1v) is 11.2. The highest BCUT2D eigenvalue weighted by atomic mass is 32.1. The van der Waals surface area contributed by atoms with E-state index in [1.54, 1.807) is 35.6 Å². The van der Waals surface area contributed by atoms with Gasteiger partial charge in [0.15, 0.2) is 0 Å². The number of nitrogens with one attached hydrogen (secondary N) is 3. The Kier molecular flexibility index (Phi) is 6.47. The molecule has 162 valence electrons. The summed E-state index contributed by atoms with van der Waals surface area (Å²) in [6.07, 6.45) is 0.756. The maximum atomic E-state index is 12.5. The average Bonchev–Trinajstić information content (AvgIpc) is 3.17. The number of anilines is 2. The summed E-state index contributed by atoms with van der Waals surface area (Å²) < 4.78 is 1.19. The first-order valence-electron chi connectivity index (χ1n) is 10.4. The highest BCUT2D eigenvalue weighted by Crippen LogP contribution is 2.24. The van der Waals surface area contributed by atoms with Crippen LogP contribution in [0.25, 0.3) is 10.2 Å². The Bertz CT molecular complexity index is 1200. The van der Waals surface area contributed by atoms with Gasteiger partial charge in [-0.2, -0.15) is 0 Å². The van der Waals surface area contributed by atoms with E-state index in [2.05, 4.69) is 27.0 Å². The normalized spacial score (nSPS) is 10.8. The van der Waals surface area contributed by atoms with Crippen molar-refractivity contribution in [2.75, 3.05) is 10.6 Å². The molecule has 0 aliphatic heterocycles. The monoisotopic (exact) mass is 444 g/mol. The molecule has 4 aromatic rings. The molecule has 0 radical (unpaired) electrons. The third-order valence-corrected chi connectivity index (χ3v) is 5.77. The van der Waals surface area contributed by atoms with E-state index in [4.69, 9.17) is 0 Å². The molecule has 4 rings (SSSR count). The third kappa shape index (κ3) is 5.50. The Hall–Kier alpha value is -3.71. The Morgan fingerprint density at radius 2 is 1.53 bits per heavy atom. The minimum atomic E-state index is -0.275. The van der Waals surface area contributed by atoms with Gasteiger partial charge >= 0.3 is 6.03 Å². The van der Waals surface area contributed by atoms with Gasteiger partial charge in [0.25, 0.3) is 5.91 Å². The standard InChI is InChI=1S/C25H24N4O2S/c1-16(2)26-25(31)28-20-13-9-18(10-14-20)24(30)27-19-11-7-17(8-12-19)15-23-29-21-5-3-4-6-22(21)32-23/h3-14,16H,15H2,1-2H3,(H,27,30)(H2,26,28,31). The number of amides is 3. The number of thiazole rings is 1.